The van der Waals surface area contributed by atoms with Gasteiger partial charge in [0.1, 0.15) is 0 Å². The van der Waals surface area contributed by atoms with E-state index in [2.05, 4.69) is 33.7 Å². The molecule has 0 aliphatic heterocycles. The van der Waals surface area contributed by atoms with Crippen LogP contribution in [0.4, 0.5) is 0 Å². The molecule has 1 aromatic carbocycles. The van der Waals surface area contributed by atoms with Crippen molar-refractivity contribution in [2.75, 3.05) is 5.75 Å². The first-order chi connectivity index (χ1) is 11.6. The van der Waals surface area contributed by atoms with Crippen molar-refractivity contribution in [2.45, 2.75) is 51.3 Å². The van der Waals surface area contributed by atoms with E-state index in [1.165, 1.54) is 47.7 Å². The van der Waals surface area contributed by atoms with Crippen LogP contribution in [0.5, 0.6) is 0 Å². The smallest absolute Gasteiger partial charge is 0.236 e. The van der Waals surface area contributed by atoms with Crippen LogP contribution in [0.2, 0.25) is 0 Å². The second-order valence-corrected chi connectivity index (χ2v) is 7.24. The third-order valence-electron chi connectivity index (χ3n) is 4.28. The van der Waals surface area contributed by atoms with E-state index in [0.717, 1.165) is 6.42 Å². The van der Waals surface area contributed by atoms with Gasteiger partial charge < -0.3 is 9.84 Å². The van der Waals surface area contributed by atoms with Gasteiger partial charge in [-0.1, -0.05) is 23.4 Å². The Bertz CT molecular complexity index is 714. The van der Waals surface area contributed by atoms with Crippen molar-refractivity contribution in [1.82, 2.24) is 15.5 Å². The molecule has 6 heteroatoms. The van der Waals surface area contributed by atoms with Crippen LogP contribution >= 0.6 is 11.8 Å². The van der Waals surface area contributed by atoms with Crippen LogP contribution in [0, 0.1) is 6.92 Å². The molecule has 0 unspecified atom stereocenters. The number of nitrogens with zero attached hydrogens (tertiary/aromatic N) is 2. The predicted molar refractivity (Wildman–Crippen MR) is 94.8 cm³/mol. The maximum atomic E-state index is 12.1. The van der Waals surface area contributed by atoms with Crippen LogP contribution in [0.15, 0.2) is 22.7 Å². The first kappa shape index (κ1) is 17.0. The first-order valence-corrected chi connectivity index (χ1v) is 9.55. The molecular weight excluding hydrogens is 322 g/mol. The molecule has 3 rings (SSSR count). The Hall–Kier alpha value is -1.82. The molecule has 0 saturated heterocycles. The summed E-state index contributed by atoms with van der Waals surface area (Å²) in [6.45, 7) is 3.82. The molecule has 1 atom stereocenters. The Morgan fingerprint density at radius 1 is 1.33 bits per heavy atom. The maximum absolute atomic E-state index is 12.1. The highest BCUT2D eigenvalue weighted by atomic mass is 32.2. The van der Waals surface area contributed by atoms with Crippen molar-refractivity contribution in [1.29, 1.82) is 0 Å². The average Bonchev–Trinajstić information content (AvgIpc) is 2.99. The van der Waals surface area contributed by atoms with Gasteiger partial charge in [0.15, 0.2) is 5.82 Å². The minimum absolute atomic E-state index is 0.0241. The number of hydrogen-bond donors (Lipinski definition) is 1. The van der Waals surface area contributed by atoms with E-state index in [1.807, 2.05) is 6.92 Å². The molecule has 5 nitrogen and oxygen atoms in total. The lowest BCUT2D eigenvalue weighted by atomic mass is 9.89. The van der Waals surface area contributed by atoms with Gasteiger partial charge in [-0.2, -0.15) is 4.98 Å². The number of fused-ring (bicyclic) bond motifs is 1. The number of aromatic nitrogens is 2. The number of benzene rings is 1. The minimum atomic E-state index is 0.0241. The number of aryl methyl sites for hydroxylation is 3. The molecule has 1 amide bonds. The molecule has 1 aliphatic rings. The zero-order valence-electron chi connectivity index (χ0n) is 14.2. The van der Waals surface area contributed by atoms with Crippen LogP contribution in [0.1, 0.15) is 54.2 Å². The lowest BCUT2D eigenvalue weighted by molar-refractivity contribution is -0.119. The van der Waals surface area contributed by atoms with Gasteiger partial charge in [0.25, 0.3) is 0 Å². The SMILES string of the molecule is Cc1noc(CSCC(=O)N[C@H](C)c2ccc3c(c2)CCCC3)n1. The molecule has 1 aromatic heterocycles. The number of hydrogen-bond acceptors (Lipinski definition) is 5. The normalized spacial score (nSPS) is 14.9. The van der Waals surface area contributed by atoms with Crippen molar-refractivity contribution >= 4 is 17.7 Å². The third-order valence-corrected chi connectivity index (χ3v) is 5.20. The molecule has 24 heavy (non-hydrogen) atoms. The number of amides is 1. The van der Waals surface area contributed by atoms with Crippen LogP contribution in [-0.4, -0.2) is 21.8 Å². The second-order valence-electron chi connectivity index (χ2n) is 6.25. The van der Waals surface area contributed by atoms with Crippen LogP contribution in [-0.2, 0) is 23.4 Å². The summed E-state index contributed by atoms with van der Waals surface area (Å²) in [5.74, 6) is 2.16. The summed E-state index contributed by atoms with van der Waals surface area (Å²) < 4.78 is 5.04. The molecular formula is C18H23N3O2S. The summed E-state index contributed by atoms with van der Waals surface area (Å²) in [5.41, 5.74) is 4.09. The van der Waals surface area contributed by atoms with Crippen LogP contribution in [0.25, 0.3) is 0 Å². The van der Waals surface area contributed by atoms with Gasteiger partial charge in [0.05, 0.1) is 17.5 Å². The fourth-order valence-corrected chi connectivity index (χ4v) is 3.68. The summed E-state index contributed by atoms with van der Waals surface area (Å²) >= 11 is 1.48. The predicted octanol–water partition coefficient (Wildman–Crippen LogP) is 3.37. The Morgan fingerprint density at radius 2 is 2.12 bits per heavy atom. The van der Waals surface area contributed by atoms with Crippen molar-refractivity contribution in [3.05, 3.63) is 46.6 Å². The van der Waals surface area contributed by atoms with E-state index >= 15 is 0 Å². The van der Waals surface area contributed by atoms with E-state index < -0.39 is 0 Å². The Balaban J connectivity index is 1.48. The number of carbonyl (C=O) groups is 1. The first-order valence-electron chi connectivity index (χ1n) is 8.40. The lowest BCUT2D eigenvalue weighted by Crippen LogP contribution is -2.28. The fraction of sp³-hybridized carbons (Fsp3) is 0.500. The van der Waals surface area contributed by atoms with Crippen LogP contribution < -0.4 is 5.32 Å². The molecule has 0 saturated carbocycles. The highest BCUT2D eigenvalue weighted by Crippen LogP contribution is 2.24. The van der Waals surface area contributed by atoms with Crippen molar-refractivity contribution in [3.8, 4) is 0 Å². The summed E-state index contributed by atoms with van der Waals surface area (Å²) in [4.78, 5) is 16.2. The van der Waals surface area contributed by atoms with Gasteiger partial charge in [-0.25, -0.2) is 0 Å². The van der Waals surface area contributed by atoms with Gasteiger partial charge in [0.2, 0.25) is 11.8 Å². The Labute approximate surface area is 146 Å². The summed E-state index contributed by atoms with van der Waals surface area (Å²) in [7, 11) is 0. The largest absolute Gasteiger partial charge is 0.349 e. The summed E-state index contributed by atoms with van der Waals surface area (Å²) in [5, 5.41) is 6.81. The fourth-order valence-electron chi connectivity index (χ4n) is 3.02. The highest BCUT2D eigenvalue weighted by Gasteiger charge is 2.14. The van der Waals surface area contributed by atoms with Crippen molar-refractivity contribution in [3.63, 3.8) is 0 Å². The molecule has 128 valence electrons. The van der Waals surface area contributed by atoms with Gasteiger partial charge >= 0.3 is 0 Å². The number of nitrogens with one attached hydrogen (secondary N) is 1. The van der Waals surface area contributed by atoms with Gasteiger partial charge in [0, 0.05) is 0 Å². The maximum Gasteiger partial charge on any atom is 0.236 e. The Kier molecular flexibility index (Phi) is 5.56. The van der Waals surface area contributed by atoms with E-state index in [4.69, 9.17) is 4.52 Å². The minimum Gasteiger partial charge on any atom is -0.349 e. The molecule has 0 bridgehead atoms. The number of rotatable bonds is 6. The average molecular weight is 345 g/mol. The third kappa shape index (κ3) is 4.38. The zero-order chi connectivity index (χ0) is 16.9. The molecule has 2 aromatic rings. The summed E-state index contributed by atoms with van der Waals surface area (Å²) in [6, 6.07) is 6.65. The monoisotopic (exact) mass is 345 g/mol. The zero-order valence-corrected chi connectivity index (χ0v) is 15.0. The topological polar surface area (TPSA) is 68.0 Å². The summed E-state index contributed by atoms with van der Waals surface area (Å²) in [6.07, 6.45) is 4.89. The molecule has 0 radical (unpaired) electrons. The molecule has 0 spiro atoms. The van der Waals surface area contributed by atoms with E-state index in [1.54, 1.807) is 6.92 Å². The quantitative estimate of drug-likeness (QED) is 0.869. The van der Waals surface area contributed by atoms with Gasteiger partial charge in [-0.05, 0) is 56.2 Å². The second kappa shape index (κ2) is 7.83. The van der Waals surface area contributed by atoms with Crippen molar-refractivity contribution in [2.24, 2.45) is 0 Å². The van der Waals surface area contributed by atoms with Crippen LogP contribution in [0.3, 0.4) is 0 Å². The Morgan fingerprint density at radius 3 is 2.88 bits per heavy atom. The molecule has 1 N–H and O–H groups in total. The molecule has 1 heterocycles. The highest BCUT2D eigenvalue weighted by molar-refractivity contribution is 7.99. The van der Waals surface area contributed by atoms with E-state index in [9.17, 15) is 4.79 Å². The number of thioether (sulfide) groups is 1. The standard InChI is InChI=1S/C18H23N3O2S/c1-12(15-8-7-14-5-3-4-6-16(14)9-15)19-17(22)10-24-11-18-20-13(2)21-23-18/h7-9,12H,3-6,10-11H2,1-2H3,(H,19,22)/t12-/m1/s1. The van der Waals surface area contributed by atoms with Gasteiger partial charge in [-0.15, -0.1) is 11.8 Å². The molecule has 1 aliphatic carbocycles. The van der Waals surface area contributed by atoms with E-state index in [-0.39, 0.29) is 11.9 Å². The molecule has 0 fully saturated rings. The van der Waals surface area contributed by atoms with Gasteiger partial charge in [-0.3, -0.25) is 4.79 Å². The number of carbonyl (C=O) groups excluding carboxylic acids is 1. The lowest BCUT2D eigenvalue weighted by Gasteiger charge is -2.20. The van der Waals surface area contributed by atoms with Crippen molar-refractivity contribution < 1.29 is 9.32 Å². The van der Waals surface area contributed by atoms with E-state index in [0.29, 0.717) is 23.2 Å².